The largest absolute Gasteiger partial charge is 0.507 e. The van der Waals surface area contributed by atoms with E-state index in [4.69, 9.17) is 10.2 Å². The number of nitrogens with zero attached hydrogens (tertiary/aromatic N) is 2. The minimum absolute atomic E-state index is 0.229. The summed E-state index contributed by atoms with van der Waals surface area (Å²) < 4.78 is 1.06. The van der Waals surface area contributed by atoms with E-state index in [0.29, 0.717) is 5.56 Å². The lowest BCUT2D eigenvalue weighted by Gasteiger charge is -2.11. The Morgan fingerprint density at radius 3 is 1.98 bits per heavy atom. The molecular weight excluding hydrogens is 508 g/mol. The third-order valence-corrected chi connectivity index (χ3v) is 8.31. The van der Waals surface area contributed by atoms with Crippen molar-refractivity contribution < 1.29 is 5.11 Å². The molecule has 0 saturated heterocycles. The normalized spacial score (nSPS) is 11.1. The van der Waals surface area contributed by atoms with Gasteiger partial charge in [-0.05, 0) is 75.0 Å². The van der Waals surface area contributed by atoms with Crippen LogP contribution in [0.5, 0.6) is 5.75 Å². The molecule has 0 aliphatic heterocycles. The Hall–Kier alpha value is -5.24. The minimum atomic E-state index is 0.229. The fraction of sp³-hybridized carbons (Fsp3) is 0. The summed E-state index contributed by atoms with van der Waals surface area (Å²) in [5, 5.41) is 22.8. The molecular formula is C36H22N2OS. The number of phenolic OH excluding ortho intramolecular Hbond substituents is 1. The SMILES string of the molecule is N#Cc1ccc(-c2ccc(-c3cc(-c4cccc5ccccc45)c4nc(-c5ccccc5O)sc4c3)cc2)cc1. The third-order valence-electron chi connectivity index (χ3n) is 7.27. The van der Waals surface area contributed by atoms with Crippen LogP contribution < -0.4 is 0 Å². The maximum Gasteiger partial charge on any atom is 0.128 e. The van der Waals surface area contributed by atoms with E-state index in [1.807, 2.05) is 42.5 Å². The number of rotatable bonds is 4. The van der Waals surface area contributed by atoms with Crippen LogP contribution in [0.15, 0.2) is 127 Å². The molecule has 0 bridgehead atoms. The van der Waals surface area contributed by atoms with E-state index in [0.717, 1.165) is 54.2 Å². The Bertz CT molecular complexity index is 2060. The van der Waals surface area contributed by atoms with Crippen LogP contribution >= 0.6 is 11.3 Å². The van der Waals surface area contributed by atoms with Gasteiger partial charge < -0.3 is 5.11 Å². The van der Waals surface area contributed by atoms with Crippen LogP contribution in [-0.4, -0.2) is 10.1 Å². The molecule has 3 nitrogen and oxygen atoms in total. The van der Waals surface area contributed by atoms with E-state index >= 15 is 0 Å². The zero-order valence-electron chi connectivity index (χ0n) is 21.4. The number of fused-ring (bicyclic) bond motifs is 2. The Balaban J connectivity index is 1.41. The molecule has 7 aromatic rings. The van der Waals surface area contributed by atoms with Crippen LogP contribution in [0.3, 0.4) is 0 Å². The van der Waals surface area contributed by atoms with Crippen molar-refractivity contribution in [3.63, 3.8) is 0 Å². The number of hydrogen-bond acceptors (Lipinski definition) is 4. The van der Waals surface area contributed by atoms with Crippen molar-refractivity contribution in [1.29, 1.82) is 5.26 Å². The van der Waals surface area contributed by atoms with Crippen molar-refractivity contribution in [2.24, 2.45) is 0 Å². The van der Waals surface area contributed by atoms with Gasteiger partial charge in [-0.3, -0.25) is 0 Å². The van der Waals surface area contributed by atoms with Gasteiger partial charge in [-0.15, -0.1) is 11.3 Å². The van der Waals surface area contributed by atoms with Crippen LogP contribution in [0.25, 0.3) is 64.9 Å². The zero-order valence-corrected chi connectivity index (χ0v) is 22.2. The monoisotopic (exact) mass is 530 g/mol. The first-order valence-corrected chi connectivity index (χ1v) is 13.8. The molecule has 0 radical (unpaired) electrons. The van der Waals surface area contributed by atoms with Crippen LogP contribution in [0, 0.1) is 11.3 Å². The Morgan fingerprint density at radius 2 is 1.23 bits per heavy atom. The molecule has 1 N–H and O–H groups in total. The lowest BCUT2D eigenvalue weighted by molar-refractivity contribution is 0.477. The zero-order chi connectivity index (χ0) is 27.1. The average Bonchev–Trinajstić information content (AvgIpc) is 3.45. The first-order valence-electron chi connectivity index (χ1n) is 13.0. The molecule has 4 heteroatoms. The summed E-state index contributed by atoms with van der Waals surface area (Å²) in [6.45, 7) is 0. The van der Waals surface area contributed by atoms with Crippen LogP contribution in [0.2, 0.25) is 0 Å². The van der Waals surface area contributed by atoms with E-state index in [1.165, 1.54) is 10.8 Å². The van der Waals surface area contributed by atoms with Crippen LogP contribution in [0.1, 0.15) is 5.56 Å². The predicted octanol–water partition coefficient (Wildman–Crippen LogP) is 9.69. The summed E-state index contributed by atoms with van der Waals surface area (Å²) in [6.07, 6.45) is 0. The second-order valence-electron chi connectivity index (χ2n) is 9.70. The van der Waals surface area contributed by atoms with Crippen molar-refractivity contribution in [3.05, 3.63) is 133 Å². The molecule has 0 atom stereocenters. The van der Waals surface area contributed by atoms with Crippen molar-refractivity contribution >= 4 is 32.3 Å². The van der Waals surface area contributed by atoms with Gasteiger partial charge in [0.15, 0.2) is 0 Å². The van der Waals surface area contributed by atoms with Crippen molar-refractivity contribution in [1.82, 2.24) is 4.98 Å². The number of aromatic hydroxyl groups is 1. The highest BCUT2D eigenvalue weighted by molar-refractivity contribution is 7.21. The number of nitriles is 1. The highest BCUT2D eigenvalue weighted by atomic mass is 32.1. The van der Waals surface area contributed by atoms with Gasteiger partial charge in [-0.2, -0.15) is 5.26 Å². The molecule has 0 aliphatic rings. The summed E-state index contributed by atoms with van der Waals surface area (Å²) in [5.74, 6) is 0.229. The number of phenols is 1. The second-order valence-corrected chi connectivity index (χ2v) is 10.7. The van der Waals surface area contributed by atoms with Crippen molar-refractivity contribution in [2.75, 3.05) is 0 Å². The van der Waals surface area contributed by atoms with Gasteiger partial charge in [0, 0.05) is 5.56 Å². The Labute approximate surface area is 235 Å². The number of benzene rings is 6. The molecule has 188 valence electrons. The quantitative estimate of drug-likeness (QED) is 0.246. The Morgan fingerprint density at radius 1 is 0.600 bits per heavy atom. The van der Waals surface area contributed by atoms with E-state index in [2.05, 4.69) is 84.9 Å². The first kappa shape index (κ1) is 23.8. The second kappa shape index (κ2) is 9.81. The third kappa shape index (κ3) is 4.19. The number of para-hydroxylation sites is 1. The van der Waals surface area contributed by atoms with E-state index < -0.39 is 0 Å². The van der Waals surface area contributed by atoms with E-state index in [-0.39, 0.29) is 5.75 Å². The van der Waals surface area contributed by atoms with Crippen molar-refractivity contribution in [3.8, 4) is 55.8 Å². The highest BCUT2D eigenvalue weighted by Gasteiger charge is 2.17. The van der Waals surface area contributed by atoms with Gasteiger partial charge >= 0.3 is 0 Å². The van der Waals surface area contributed by atoms with E-state index in [9.17, 15) is 5.11 Å². The average molecular weight is 531 g/mol. The standard InChI is InChI=1S/C36H22N2OS/c37-22-23-12-14-24(15-13-23)25-16-18-26(19-17-25)28-20-32(30-10-5-7-27-6-1-2-8-29(27)30)35-34(21-28)40-36(38-35)31-9-3-4-11-33(31)39/h1-21,39H. The molecule has 6 aromatic carbocycles. The molecule has 7 rings (SSSR count). The lowest BCUT2D eigenvalue weighted by Crippen LogP contribution is -1.87. The Kier molecular flexibility index (Phi) is 5.85. The van der Waals surface area contributed by atoms with Gasteiger partial charge in [0.05, 0.1) is 27.4 Å². The molecule has 1 heterocycles. The maximum atomic E-state index is 10.5. The van der Waals surface area contributed by atoms with E-state index in [1.54, 1.807) is 17.4 Å². The van der Waals surface area contributed by atoms with Gasteiger partial charge in [0.25, 0.3) is 0 Å². The van der Waals surface area contributed by atoms with Gasteiger partial charge in [0.1, 0.15) is 10.8 Å². The van der Waals surface area contributed by atoms with Crippen LogP contribution in [-0.2, 0) is 0 Å². The topological polar surface area (TPSA) is 56.9 Å². The predicted molar refractivity (Wildman–Crippen MR) is 165 cm³/mol. The molecule has 0 fully saturated rings. The summed E-state index contributed by atoms with van der Waals surface area (Å²) >= 11 is 1.59. The highest BCUT2D eigenvalue weighted by Crippen LogP contribution is 2.42. The summed E-state index contributed by atoms with van der Waals surface area (Å²) in [5.41, 5.74) is 8.91. The molecule has 1 aromatic heterocycles. The summed E-state index contributed by atoms with van der Waals surface area (Å²) in [7, 11) is 0. The molecule has 0 saturated carbocycles. The summed E-state index contributed by atoms with van der Waals surface area (Å²) in [6, 6.07) is 45.0. The smallest absolute Gasteiger partial charge is 0.128 e. The molecule has 0 amide bonds. The fourth-order valence-corrected chi connectivity index (χ4v) is 6.29. The maximum absolute atomic E-state index is 10.5. The first-order chi connectivity index (χ1) is 19.7. The molecule has 0 aliphatic carbocycles. The number of aromatic nitrogens is 1. The fourth-order valence-electron chi connectivity index (χ4n) is 5.22. The minimum Gasteiger partial charge on any atom is -0.507 e. The van der Waals surface area contributed by atoms with Gasteiger partial charge in [0.2, 0.25) is 0 Å². The molecule has 0 unspecified atom stereocenters. The number of hydrogen-bond donors (Lipinski definition) is 1. The van der Waals surface area contributed by atoms with Crippen molar-refractivity contribution in [2.45, 2.75) is 0 Å². The van der Waals surface area contributed by atoms with Gasteiger partial charge in [-0.25, -0.2) is 4.98 Å². The lowest BCUT2D eigenvalue weighted by atomic mass is 9.93. The molecule has 40 heavy (non-hydrogen) atoms. The van der Waals surface area contributed by atoms with Crippen LogP contribution in [0.4, 0.5) is 0 Å². The van der Waals surface area contributed by atoms with Gasteiger partial charge in [-0.1, -0.05) is 91.0 Å². The summed E-state index contributed by atoms with van der Waals surface area (Å²) in [4.78, 5) is 5.07. The molecule has 0 spiro atoms. The number of thiazole rings is 1.